The molecule has 0 fully saturated rings. The maximum Gasteiger partial charge on any atom is 1.00 e. The largest absolute Gasteiger partial charge is 1.00 e. The molecule has 0 aromatic heterocycles. The molecule has 39 heavy (non-hydrogen) atoms. The van der Waals surface area contributed by atoms with Crippen LogP contribution in [-0.4, -0.2) is 74.0 Å². The predicted molar refractivity (Wildman–Crippen MR) is 129 cm³/mol. The topological polar surface area (TPSA) is 250 Å². The normalized spacial score (nSPS) is 12.7. The molecule has 0 rings (SSSR count). The van der Waals surface area contributed by atoms with Crippen LogP contribution in [0.15, 0.2) is 0 Å². The van der Waals surface area contributed by atoms with E-state index in [0.29, 0.717) is 6.42 Å². The Morgan fingerprint density at radius 2 is 1.21 bits per heavy atom. The monoisotopic (exact) mass is 606 g/mol. The fourth-order valence-corrected chi connectivity index (χ4v) is 3.67. The molecule has 0 aromatic carbocycles. The van der Waals surface area contributed by atoms with E-state index in [1.807, 2.05) is 0 Å². The number of unbranched alkanes of at least 4 members (excludes halogenated alkanes) is 9. The van der Waals surface area contributed by atoms with Gasteiger partial charge in [0.1, 0.15) is 0 Å². The molecule has 14 nitrogen and oxygen atoms in total. The minimum absolute atomic E-state index is 0. The van der Waals surface area contributed by atoms with E-state index in [9.17, 15) is 42.6 Å². The van der Waals surface area contributed by atoms with Crippen LogP contribution in [0.25, 0.3) is 0 Å². The molecule has 0 spiro atoms. The fourth-order valence-electron chi connectivity index (χ4n) is 3.35. The zero-order valence-corrected chi connectivity index (χ0v) is 27.7. The van der Waals surface area contributed by atoms with Gasteiger partial charge < -0.3 is 32.6 Å². The summed E-state index contributed by atoms with van der Waals surface area (Å²) in [5, 5.41) is 45.2. The van der Waals surface area contributed by atoms with Crippen molar-refractivity contribution in [3.05, 3.63) is 0 Å². The maximum absolute atomic E-state index is 11.3. The second-order valence-electron chi connectivity index (χ2n) is 8.44. The van der Waals surface area contributed by atoms with Gasteiger partial charge in [-0.25, -0.2) is 4.79 Å². The molecule has 0 bridgehead atoms. The molecule has 2 atom stereocenters. The van der Waals surface area contributed by atoms with Gasteiger partial charge in [0.2, 0.25) is 0 Å². The van der Waals surface area contributed by atoms with Gasteiger partial charge in [-0.1, -0.05) is 71.1 Å². The summed E-state index contributed by atoms with van der Waals surface area (Å²) in [6.07, 6.45) is 8.11. The van der Waals surface area contributed by atoms with Crippen LogP contribution in [0.1, 0.15) is 99.7 Å². The van der Waals surface area contributed by atoms with Crippen LogP contribution in [0.3, 0.4) is 0 Å². The van der Waals surface area contributed by atoms with Crippen LogP contribution in [-0.2, 0) is 38.6 Å². The van der Waals surface area contributed by atoms with Crippen molar-refractivity contribution in [3.8, 4) is 0 Å². The second-order valence-corrected chi connectivity index (χ2v) is 9.46. The maximum atomic E-state index is 11.3. The number of hydrogen-bond donors (Lipinski definition) is 6. The van der Waals surface area contributed by atoms with Crippen LogP contribution in [0.2, 0.25) is 0 Å². The third kappa shape index (κ3) is 25.9. The molecule has 0 heterocycles. The van der Waals surface area contributed by atoms with Crippen LogP contribution >= 0.6 is 0 Å². The Bertz CT molecular complexity index is 861. The van der Waals surface area contributed by atoms with Gasteiger partial charge in [0.25, 0.3) is 0 Å². The molecule has 0 aliphatic heterocycles. The minimum Gasteiger partial charge on any atom is -1.00 e. The standard InChI is InChI=1S/C18H32O7.C4H6O7S.2Na.2H/c1-2-3-4-5-6-7-8-9-10-11-12-14(16(21)22)18(25,17(23)24)13-15(19)20;5-3(6)1-2-4(7)11-12(8,9)10;;;;/h14,25H,2-13H2,1H3,(H,19,20)(H,21,22)(H,23,24);1-2H2,(H,5,6)(H,8,9,10);;;;/q;;2*+1;2*-1. The van der Waals surface area contributed by atoms with Crippen molar-refractivity contribution in [3.63, 3.8) is 0 Å². The quantitative estimate of drug-likeness (QED) is 0.0452. The van der Waals surface area contributed by atoms with E-state index in [1.165, 1.54) is 32.1 Å². The van der Waals surface area contributed by atoms with Gasteiger partial charge >= 0.3 is 99.4 Å². The Morgan fingerprint density at radius 3 is 1.54 bits per heavy atom. The number of aliphatic carboxylic acids is 4. The van der Waals surface area contributed by atoms with E-state index in [-0.39, 0.29) is 68.4 Å². The number of carbonyl (C=O) groups is 5. The number of hydrogen-bond acceptors (Lipinski definition) is 9. The molecular weight excluding hydrogens is 566 g/mol. The summed E-state index contributed by atoms with van der Waals surface area (Å²) in [5.74, 6) is -9.03. The SMILES string of the molecule is CCCCCCCCCCCCC(C(=O)O)C(O)(CC(=O)O)C(=O)O.O=C(O)CCC(=O)OS(=O)(=O)O.[H-].[H-].[Na+].[Na+]. The van der Waals surface area contributed by atoms with Gasteiger partial charge in [0.15, 0.2) is 5.60 Å². The first kappa shape index (κ1) is 45.2. The third-order valence-electron chi connectivity index (χ3n) is 5.25. The van der Waals surface area contributed by atoms with Crippen molar-refractivity contribution in [2.75, 3.05) is 0 Å². The molecule has 0 aromatic rings. The van der Waals surface area contributed by atoms with Crippen molar-refractivity contribution in [2.24, 2.45) is 5.92 Å². The van der Waals surface area contributed by atoms with E-state index < -0.39 is 71.0 Å². The summed E-state index contributed by atoms with van der Waals surface area (Å²) in [6.45, 7) is 2.17. The van der Waals surface area contributed by atoms with Crippen LogP contribution in [0.4, 0.5) is 0 Å². The van der Waals surface area contributed by atoms with Crippen molar-refractivity contribution in [1.29, 1.82) is 0 Å². The van der Waals surface area contributed by atoms with Crippen LogP contribution in [0.5, 0.6) is 0 Å². The molecule has 220 valence electrons. The van der Waals surface area contributed by atoms with Crippen LogP contribution in [0, 0.1) is 5.92 Å². The summed E-state index contributed by atoms with van der Waals surface area (Å²) in [4.78, 5) is 53.5. The predicted octanol–water partition coefficient (Wildman–Crippen LogP) is -3.28. The van der Waals surface area contributed by atoms with Gasteiger partial charge in [0, 0.05) is 0 Å². The van der Waals surface area contributed by atoms with Gasteiger partial charge in [-0.05, 0) is 6.42 Å². The summed E-state index contributed by atoms with van der Waals surface area (Å²) in [7, 11) is -4.81. The number of aliphatic hydroxyl groups is 1. The summed E-state index contributed by atoms with van der Waals surface area (Å²) >= 11 is 0. The van der Waals surface area contributed by atoms with E-state index in [1.54, 1.807) is 0 Å². The van der Waals surface area contributed by atoms with E-state index in [2.05, 4.69) is 11.1 Å². The van der Waals surface area contributed by atoms with Gasteiger partial charge in [-0.2, -0.15) is 8.42 Å². The van der Waals surface area contributed by atoms with E-state index >= 15 is 0 Å². The minimum atomic E-state index is -4.81. The van der Waals surface area contributed by atoms with Crippen LogP contribution < -0.4 is 59.1 Å². The Morgan fingerprint density at radius 1 is 0.769 bits per heavy atom. The molecule has 0 aliphatic rings. The molecule has 0 saturated heterocycles. The molecule has 0 amide bonds. The second kappa shape index (κ2) is 25.0. The summed E-state index contributed by atoms with van der Waals surface area (Å²) in [6, 6.07) is 0. The first-order valence-electron chi connectivity index (χ1n) is 11.9. The number of rotatable bonds is 20. The number of carboxylic acids is 4. The molecule has 0 aliphatic carbocycles. The Hall–Kier alpha value is -0.780. The van der Waals surface area contributed by atoms with Crippen molar-refractivity contribution < 1.29 is 129 Å². The summed E-state index contributed by atoms with van der Waals surface area (Å²) < 4.78 is 31.1. The molecule has 0 saturated carbocycles. The average Bonchev–Trinajstić information content (AvgIpc) is 2.74. The number of carbonyl (C=O) groups excluding carboxylic acids is 1. The van der Waals surface area contributed by atoms with Gasteiger partial charge in [-0.15, -0.1) is 0 Å². The molecule has 17 heteroatoms. The zero-order valence-electron chi connectivity index (χ0n) is 24.8. The molecule has 6 N–H and O–H groups in total. The molecular formula is C22H40Na2O14S. The Kier molecular flexibility index (Phi) is 29.0. The molecule has 0 radical (unpaired) electrons. The van der Waals surface area contributed by atoms with Gasteiger partial charge in [0.05, 0.1) is 25.2 Å². The fraction of sp³-hybridized carbons (Fsp3) is 0.773. The molecule has 2 unspecified atom stereocenters. The zero-order chi connectivity index (χ0) is 29.1. The Labute approximate surface area is 275 Å². The average molecular weight is 607 g/mol. The first-order valence-corrected chi connectivity index (χ1v) is 13.2. The summed E-state index contributed by atoms with van der Waals surface area (Å²) in [5.41, 5.74) is -2.78. The van der Waals surface area contributed by atoms with E-state index in [4.69, 9.17) is 19.9 Å². The van der Waals surface area contributed by atoms with E-state index in [0.717, 1.165) is 25.7 Å². The Balaban J connectivity index is -0.000000164. The van der Waals surface area contributed by atoms with Crippen molar-refractivity contribution in [1.82, 2.24) is 0 Å². The van der Waals surface area contributed by atoms with Crippen molar-refractivity contribution >= 4 is 40.2 Å². The number of carboxylic acid groups (broad SMARTS) is 4. The first-order chi connectivity index (χ1) is 17.1. The third-order valence-corrected chi connectivity index (χ3v) is 5.65. The van der Waals surface area contributed by atoms with Crippen molar-refractivity contribution in [2.45, 2.75) is 102 Å². The van der Waals surface area contributed by atoms with Gasteiger partial charge in [-0.3, -0.25) is 23.7 Å². The smallest absolute Gasteiger partial charge is 1.00 e.